The van der Waals surface area contributed by atoms with Crippen LogP contribution in [0.25, 0.3) is 0 Å². The first-order chi connectivity index (χ1) is 10.9. The van der Waals surface area contributed by atoms with E-state index in [2.05, 4.69) is 5.32 Å². The molecule has 1 saturated carbocycles. The Labute approximate surface area is 136 Å². The van der Waals surface area contributed by atoms with Crippen molar-refractivity contribution < 1.29 is 31.1 Å². The smallest absolute Gasteiger partial charge is 0.362 e. The second-order valence-electron chi connectivity index (χ2n) is 6.26. The molecule has 2 nitrogen and oxygen atoms in total. The van der Waals surface area contributed by atoms with Gasteiger partial charge >= 0.3 is 12.4 Å². The van der Waals surface area contributed by atoms with Crippen LogP contribution in [0.3, 0.4) is 0 Å². The molecule has 0 aliphatic heterocycles. The maximum atomic E-state index is 13.3. The highest BCUT2D eigenvalue weighted by molar-refractivity contribution is 5.40. The first-order valence-electron chi connectivity index (χ1n) is 7.45. The maximum absolute atomic E-state index is 13.3. The lowest BCUT2D eigenvalue weighted by Crippen LogP contribution is -2.42. The summed E-state index contributed by atoms with van der Waals surface area (Å²) in [6.45, 7) is 2.54. The number of benzene rings is 1. The molecular weight excluding hydrogens is 336 g/mol. The Morgan fingerprint density at radius 1 is 1.08 bits per heavy atom. The summed E-state index contributed by atoms with van der Waals surface area (Å²) in [5.41, 5.74) is -1.02. The molecule has 0 radical (unpaired) electrons. The van der Waals surface area contributed by atoms with Gasteiger partial charge in [-0.15, -0.1) is 0 Å². The number of methoxy groups -OCH3 is 1. The van der Waals surface area contributed by atoms with Gasteiger partial charge in [0, 0.05) is 7.11 Å². The monoisotopic (exact) mass is 355 g/mol. The quantitative estimate of drug-likeness (QED) is 0.607. The number of rotatable bonds is 5. The summed E-state index contributed by atoms with van der Waals surface area (Å²) in [5, 5.41) is 2.26. The van der Waals surface area contributed by atoms with Crippen LogP contribution in [0.15, 0.2) is 18.2 Å². The number of ether oxygens (including phenoxy) is 1. The fourth-order valence-corrected chi connectivity index (χ4v) is 2.72. The summed E-state index contributed by atoms with van der Waals surface area (Å²) in [4.78, 5) is 0. The Balaban J connectivity index is 2.34. The van der Waals surface area contributed by atoms with Gasteiger partial charge in [-0.2, -0.15) is 26.3 Å². The van der Waals surface area contributed by atoms with Gasteiger partial charge in [-0.1, -0.05) is 23.8 Å². The molecule has 0 aromatic heterocycles. The minimum Gasteiger partial charge on any atom is -0.362 e. The number of hydrogen-bond acceptors (Lipinski definition) is 2. The van der Waals surface area contributed by atoms with Crippen LogP contribution in [-0.4, -0.2) is 25.5 Å². The topological polar surface area (TPSA) is 21.3 Å². The second kappa shape index (κ2) is 6.22. The highest BCUT2D eigenvalue weighted by atomic mass is 19.4. The normalized spacial score (nSPS) is 19.9. The SMILES string of the molecule is COC(NC(C)C(F)(F)F)c1cc(C)cc(C2(C(F)(F)F)CC2)c1. The summed E-state index contributed by atoms with van der Waals surface area (Å²) in [7, 11) is 1.21. The molecule has 2 rings (SSSR count). The Bertz CT molecular complexity index is 591. The van der Waals surface area contributed by atoms with Gasteiger partial charge in [0.2, 0.25) is 0 Å². The molecule has 0 heterocycles. The molecule has 0 saturated heterocycles. The highest BCUT2D eigenvalue weighted by Gasteiger charge is 2.64. The van der Waals surface area contributed by atoms with Gasteiger partial charge in [0.1, 0.15) is 12.3 Å². The van der Waals surface area contributed by atoms with E-state index in [1.807, 2.05) is 0 Å². The molecule has 0 bridgehead atoms. The molecule has 24 heavy (non-hydrogen) atoms. The van der Waals surface area contributed by atoms with Crippen LogP contribution in [0.5, 0.6) is 0 Å². The van der Waals surface area contributed by atoms with E-state index in [4.69, 9.17) is 4.74 Å². The Morgan fingerprint density at radius 3 is 2.08 bits per heavy atom. The summed E-state index contributed by atoms with van der Waals surface area (Å²) < 4.78 is 83.1. The van der Waals surface area contributed by atoms with Crippen LogP contribution in [0.1, 0.15) is 42.7 Å². The molecule has 1 N–H and O–H groups in total. The standard InChI is InChI=1S/C16H19F6NO/c1-9-6-11(13(24-3)23-10(2)15(17,18)19)8-12(7-9)14(4-5-14)16(20,21)22/h6-8,10,13,23H,4-5H2,1-3H3. The van der Waals surface area contributed by atoms with E-state index in [9.17, 15) is 26.3 Å². The minimum absolute atomic E-state index is 0.0105. The summed E-state index contributed by atoms with van der Waals surface area (Å²) >= 11 is 0. The fourth-order valence-electron chi connectivity index (χ4n) is 2.72. The van der Waals surface area contributed by atoms with Crippen molar-refractivity contribution in [3.8, 4) is 0 Å². The van der Waals surface area contributed by atoms with Crippen LogP contribution < -0.4 is 5.32 Å². The molecule has 0 spiro atoms. The molecule has 1 aliphatic rings. The molecular formula is C16H19F6NO. The average Bonchev–Trinajstić information content (AvgIpc) is 3.23. The highest BCUT2D eigenvalue weighted by Crippen LogP contribution is 2.59. The summed E-state index contributed by atoms with van der Waals surface area (Å²) in [5.74, 6) is 0. The third-order valence-electron chi connectivity index (χ3n) is 4.38. The van der Waals surface area contributed by atoms with Crippen molar-refractivity contribution in [2.75, 3.05) is 7.11 Å². The molecule has 2 atom stereocenters. The fraction of sp³-hybridized carbons (Fsp3) is 0.625. The third kappa shape index (κ3) is 3.69. The third-order valence-corrected chi connectivity index (χ3v) is 4.38. The van der Waals surface area contributed by atoms with Gasteiger partial charge < -0.3 is 4.74 Å². The van der Waals surface area contributed by atoms with E-state index in [1.54, 1.807) is 6.92 Å². The van der Waals surface area contributed by atoms with Crippen molar-refractivity contribution in [2.45, 2.75) is 56.7 Å². The van der Waals surface area contributed by atoms with Crippen LogP contribution in [0.4, 0.5) is 26.3 Å². The number of nitrogens with one attached hydrogen (secondary N) is 1. The van der Waals surface area contributed by atoms with E-state index >= 15 is 0 Å². The van der Waals surface area contributed by atoms with Gasteiger partial charge in [-0.25, -0.2) is 0 Å². The van der Waals surface area contributed by atoms with Crippen molar-refractivity contribution in [3.05, 3.63) is 34.9 Å². The van der Waals surface area contributed by atoms with Crippen molar-refractivity contribution in [1.29, 1.82) is 0 Å². The van der Waals surface area contributed by atoms with Crippen molar-refractivity contribution in [3.63, 3.8) is 0 Å². The molecule has 1 aromatic carbocycles. The van der Waals surface area contributed by atoms with E-state index < -0.39 is 30.0 Å². The van der Waals surface area contributed by atoms with Crippen LogP contribution in [-0.2, 0) is 10.2 Å². The predicted molar refractivity (Wildman–Crippen MR) is 76.5 cm³/mol. The molecule has 1 fully saturated rings. The first kappa shape index (κ1) is 19.1. The zero-order valence-electron chi connectivity index (χ0n) is 13.5. The number of aryl methyl sites for hydroxylation is 1. The van der Waals surface area contributed by atoms with Crippen molar-refractivity contribution in [2.24, 2.45) is 0 Å². The summed E-state index contributed by atoms with van der Waals surface area (Å²) in [6, 6.07) is 2.39. The van der Waals surface area contributed by atoms with Crippen LogP contribution >= 0.6 is 0 Å². The Kier molecular flexibility index (Phi) is 4.94. The van der Waals surface area contributed by atoms with Crippen molar-refractivity contribution >= 4 is 0 Å². The largest absolute Gasteiger partial charge is 0.403 e. The molecule has 0 amide bonds. The van der Waals surface area contributed by atoms with Gasteiger partial charge in [0.25, 0.3) is 0 Å². The van der Waals surface area contributed by atoms with Crippen molar-refractivity contribution in [1.82, 2.24) is 5.32 Å². The molecule has 2 unspecified atom stereocenters. The Hall–Kier alpha value is -1.28. The molecule has 136 valence electrons. The lowest BCUT2D eigenvalue weighted by Gasteiger charge is -2.26. The number of alkyl halides is 6. The van der Waals surface area contributed by atoms with Gasteiger partial charge in [0.15, 0.2) is 0 Å². The second-order valence-corrected chi connectivity index (χ2v) is 6.26. The van der Waals surface area contributed by atoms with E-state index in [-0.39, 0.29) is 24.0 Å². The Morgan fingerprint density at radius 2 is 1.67 bits per heavy atom. The summed E-state index contributed by atoms with van der Waals surface area (Å²) in [6.07, 6.45) is -10.0. The van der Waals surface area contributed by atoms with Gasteiger partial charge in [-0.05, 0) is 37.8 Å². The molecule has 8 heteroatoms. The van der Waals surface area contributed by atoms with E-state index in [1.165, 1.54) is 25.3 Å². The average molecular weight is 355 g/mol. The van der Waals surface area contributed by atoms with Crippen LogP contribution in [0.2, 0.25) is 0 Å². The van der Waals surface area contributed by atoms with Crippen LogP contribution in [0, 0.1) is 6.92 Å². The van der Waals surface area contributed by atoms with Gasteiger partial charge in [0.05, 0.1) is 5.41 Å². The number of hydrogen-bond donors (Lipinski definition) is 1. The minimum atomic E-state index is -4.48. The van der Waals surface area contributed by atoms with E-state index in [0.29, 0.717) is 5.56 Å². The van der Waals surface area contributed by atoms with Gasteiger partial charge in [-0.3, -0.25) is 5.32 Å². The van der Waals surface area contributed by atoms with E-state index in [0.717, 1.165) is 6.92 Å². The lowest BCUT2D eigenvalue weighted by molar-refractivity contribution is -0.160. The molecule has 1 aromatic rings. The number of halogens is 6. The zero-order chi connectivity index (χ0) is 18.3. The zero-order valence-corrected chi connectivity index (χ0v) is 13.5. The maximum Gasteiger partial charge on any atom is 0.403 e. The predicted octanol–water partition coefficient (Wildman–Crippen LogP) is 4.77. The first-order valence-corrected chi connectivity index (χ1v) is 7.45. The lowest BCUT2D eigenvalue weighted by atomic mass is 9.91. The molecule has 1 aliphatic carbocycles.